The number of unbranched alkanes of at least 4 members (excludes halogenated alkanes) is 5. The maximum atomic E-state index is 15.2. The average molecular weight is 1180 g/mol. The zero-order chi connectivity index (χ0) is 59.2. The Morgan fingerprint density at radius 1 is 0.881 bits per heavy atom. The number of nitrogens with one attached hydrogen (secondary N) is 1. The highest BCUT2D eigenvalue weighted by atomic mass is 35.5. The van der Waals surface area contributed by atoms with E-state index in [-0.39, 0.29) is 73.6 Å². The molecule has 22 heteroatoms. The first-order valence-corrected chi connectivity index (χ1v) is 29.4. The predicted octanol–water partition coefficient (Wildman–Crippen LogP) is 10.3. The van der Waals surface area contributed by atoms with Crippen molar-refractivity contribution in [3.63, 3.8) is 0 Å². The molecule has 0 aliphatic carbocycles. The highest BCUT2D eigenvalue weighted by Gasteiger charge is 2.46. The summed E-state index contributed by atoms with van der Waals surface area (Å²) in [6, 6.07) is 24.9. The number of nitrogen functional groups attached to an aromatic ring is 1. The van der Waals surface area contributed by atoms with Gasteiger partial charge in [0.05, 0.1) is 67.1 Å². The fraction of sp³-hybridized carbons (Fsp3) is 0.403. The number of benzene rings is 4. The van der Waals surface area contributed by atoms with Gasteiger partial charge in [-0.15, -0.1) is 0 Å². The van der Waals surface area contributed by atoms with Gasteiger partial charge in [0.25, 0.3) is 5.91 Å². The Balaban J connectivity index is 0.712. The number of nitrogens with two attached hydrogens (primary N) is 1. The van der Waals surface area contributed by atoms with E-state index in [1.807, 2.05) is 60.0 Å². The number of carbonyl (C=O) groups excluding carboxylic acids is 4. The number of aromatic nitrogens is 4. The van der Waals surface area contributed by atoms with Crippen molar-refractivity contribution in [2.24, 2.45) is 4.99 Å². The van der Waals surface area contributed by atoms with Gasteiger partial charge in [-0.3, -0.25) is 29.0 Å². The number of carbonyl (C=O) groups is 4. The van der Waals surface area contributed by atoms with E-state index in [1.165, 1.54) is 34.0 Å². The molecule has 3 atom stereocenters. The van der Waals surface area contributed by atoms with E-state index < -0.39 is 17.9 Å². The summed E-state index contributed by atoms with van der Waals surface area (Å²) >= 11 is 12.8. The fourth-order valence-electron chi connectivity index (χ4n) is 11.7. The largest absolute Gasteiger partial charge is 0.497 e. The van der Waals surface area contributed by atoms with Gasteiger partial charge >= 0.3 is 6.03 Å². The molecular weight excluding hydrogens is 1110 g/mol. The minimum Gasteiger partial charge on any atom is -0.497 e. The summed E-state index contributed by atoms with van der Waals surface area (Å²) in [5, 5.41) is 19.4. The first-order valence-electron chi connectivity index (χ1n) is 28.6. The molecular formula is C62H68Cl2FN13O6. The predicted molar refractivity (Wildman–Crippen MR) is 318 cm³/mol. The number of ether oxygens (including phenoxy) is 2. The number of amides is 5. The zero-order valence-electron chi connectivity index (χ0n) is 47.6. The lowest BCUT2D eigenvalue weighted by atomic mass is 9.93. The van der Waals surface area contributed by atoms with Crippen molar-refractivity contribution in [3.05, 3.63) is 146 Å². The number of aliphatic imine (C=N–C) groups is 1. The second kappa shape index (κ2) is 26.1. The van der Waals surface area contributed by atoms with Gasteiger partial charge in [-0.25, -0.2) is 19.2 Å². The molecule has 5 amide bonds. The topological polar surface area (TPSA) is 221 Å². The van der Waals surface area contributed by atoms with Crippen LogP contribution in [0.2, 0.25) is 10.0 Å². The molecule has 19 nitrogen and oxygen atoms in total. The third kappa shape index (κ3) is 12.8. The molecule has 4 aliphatic rings. The minimum atomic E-state index is -0.610. The summed E-state index contributed by atoms with van der Waals surface area (Å²) in [5.74, 6) is 1.03. The third-order valence-electron chi connectivity index (χ3n) is 15.8. The molecule has 6 aromatic rings. The van der Waals surface area contributed by atoms with Crippen molar-refractivity contribution in [3.8, 4) is 28.8 Å². The maximum absolute atomic E-state index is 15.2. The molecule has 10 rings (SSSR count). The lowest BCUT2D eigenvalue weighted by Crippen LogP contribution is -2.56. The molecule has 2 fully saturated rings. The van der Waals surface area contributed by atoms with E-state index in [9.17, 15) is 24.0 Å². The number of urea groups is 1. The van der Waals surface area contributed by atoms with Crippen LogP contribution in [0.1, 0.15) is 134 Å². The van der Waals surface area contributed by atoms with Gasteiger partial charge in [-0.1, -0.05) is 73.2 Å². The van der Waals surface area contributed by atoms with E-state index in [0.29, 0.717) is 112 Å². The Morgan fingerprint density at radius 3 is 2.31 bits per heavy atom. The molecule has 2 bridgehead atoms. The van der Waals surface area contributed by atoms with Crippen molar-refractivity contribution in [2.45, 2.75) is 109 Å². The lowest BCUT2D eigenvalue weighted by Gasteiger charge is -2.38. The lowest BCUT2D eigenvalue weighted by molar-refractivity contribution is -0.135. The van der Waals surface area contributed by atoms with Crippen LogP contribution in [0.15, 0.2) is 96.1 Å². The molecule has 0 unspecified atom stereocenters. The molecule has 4 aliphatic heterocycles. The van der Waals surface area contributed by atoms with E-state index >= 15 is 4.79 Å². The molecule has 0 saturated carbocycles. The second-order valence-electron chi connectivity index (χ2n) is 21.9. The van der Waals surface area contributed by atoms with Crippen molar-refractivity contribution >= 4 is 64.4 Å². The van der Waals surface area contributed by atoms with Crippen LogP contribution in [0.4, 0.5) is 20.8 Å². The van der Waals surface area contributed by atoms with Gasteiger partial charge in [0.2, 0.25) is 11.8 Å². The quantitative estimate of drug-likeness (QED) is 0.0768. The van der Waals surface area contributed by atoms with Crippen LogP contribution in [-0.2, 0) is 22.7 Å². The van der Waals surface area contributed by atoms with Crippen molar-refractivity contribution in [1.29, 1.82) is 5.26 Å². The number of hydrogen-bond acceptors (Lipinski definition) is 13. The van der Waals surface area contributed by atoms with Gasteiger partial charge in [0.15, 0.2) is 11.6 Å². The van der Waals surface area contributed by atoms with Crippen LogP contribution in [-0.4, -0.2) is 128 Å². The number of nitriles is 1. The molecule has 4 aromatic carbocycles. The number of methoxy groups -OCH3 is 1. The average Bonchev–Trinajstić information content (AvgIpc) is 2.47. The van der Waals surface area contributed by atoms with E-state index in [1.54, 1.807) is 54.3 Å². The summed E-state index contributed by atoms with van der Waals surface area (Å²) in [6.45, 7) is 6.01. The molecule has 0 spiro atoms. The third-order valence-corrected chi connectivity index (χ3v) is 16.3. The highest BCUT2D eigenvalue weighted by molar-refractivity contribution is 6.30. The minimum absolute atomic E-state index is 0.0208. The van der Waals surface area contributed by atoms with Crippen LogP contribution in [0.3, 0.4) is 0 Å². The smallest absolute Gasteiger partial charge is 0.326 e. The van der Waals surface area contributed by atoms with Gasteiger partial charge in [-0.2, -0.15) is 10.4 Å². The zero-order valence-corrected chi connectivity index (χ0v) is 49.1. The standard InChI is InChI=1S/C62H68Cl2FN13O6/c1-38(2)84-52-33-44(83-4)23-25-46(52)59-71-56(39-14-18-41(63)19-15-39)57(40-16-20-42(64)21-17-40)78(59)62(82)75-31-30-74(54(80)37-75)27-10-8-6-5-7-9-13-53(79)68-26-29-77-51(34-66)55-48-35-69-58(67)60(70-48)76-28-11-12-50(76)47-32-43(65)22-24-45(47)61(81)73(3)36-49(55)72-77/h14-25,32-33,35,38,50,56-57H,5-13,26-31,36-37H2,1-4H3,(H2,67,69)(H,68,79)/t50-,56+,57-/m1/s1. The monoisotopic (exact) mass is 1180 g/mol. The molecule has 6 heterocycles. The Bertz CT molecular complexity index is 3500. The van der Waals surface area contributed by atoms with E-state index in [2.05, 4.69) is 16.4 Å². The number of fused-ring (bicyclic) bond motifs is 8. The number of nitrogens with zero attached hydrogens (tertiary/aromatic N) is 11. The summed E-state index contributed by atoms with van der Waals surface area (Å²) in [7, 11) is 3.22. The maximum Gasteiger partial charge on any atom is 0.326 e. The summed E-state index contributed by atoms with van der Waals surface area (Å²) in [5.41, 5.74) is 11.0. The SMILES string of the molecule is COc1ccc(C2=N[C@@H](c3ccc(Cl)cc3)[C@@H](c3ccc(Cl)cc3)N2C(=O)N2CCN(CCCCCCCCC(=O)NCCn3nc4c(c3C#N)-c3cnc(N)c(n3)N3CCC[C@@H]3c3cc(F)ccc3C(=O)N(C)C4)C(=O)C2)c(OC(C)C)c1. The number of amidine groups is 1. The molecule has 3 N–H and O–H groups in total. The molecule has 438 valence electrons. The van der Waals surface area contributed by atoms with Gasteiger partial charge in [-0.05, 0) is 111 Å². The Morgan fingerprint density at radius 2 is 1.60 bits per heavy atom. The molecule has 0 radical (unpaired) electrons. The van der Waals surface area contributed by atoms with Crippen molar-refractivity contribution in [1.82, 2.24) is 44.7 Å². The summed E-state index contributed by atoms with van der Waals surface area (Å²) in [4.78, 5) is 79.4. The number of rotatable bonds is 18. The normalized spacial score (nSPS) is 17.7. The Hall–Kier alpha value is -8.28. The number of halogens is 3. The van der Waals surface area contributed by atoms with Crippen molar-refractivity contribution in [2.75, 3.05) is 64.1 Å². The van der Waals surface area contributed by atoms with Gasteiger partial charge in [0, 0.05) is 67.9 Å². The van der Waals surface area contributed by atoms with Gasteiger partial charge < -0.3 is 40.1 Å². The Kier molecular flexibility index (Phi) is 18.3. The van der Waals surface area contributed by atoms with Crippen LogP contribution < -0.4 is 25.4 Å². The molecule has 2 saturated heterocycles. The first kappa shape index (κ1) is 58.9. The van der Waals surface area contributed by atoms with Crippen LogP contribution in [0, 0.1) is 17.1 Å². The molecule has 84 heavy (non-hydrogen) atoms. The van der Waals surface area contributed by atoms with Crippen LogP contribution in [0.5, 0.6) is 11.5 Å². The fourth-order valence-corrected chi connectivity index (χ4v) is 12.0. The van der Waals surface area contributed by atoms with E-state index in [4.69, 9.17) is 53.5 Å². The van der Waals surface area contributed by atoms with Crippen molar-refractivity contribution < 1.29 is 33.0 Å². The number of anilines is 2. The second-order valence-corrected chi connectivity index (χ2v) is 22.7. The van der Waals surface area contributed by atoms with Crippen LogP contribution >= 0.6 is 23.2 Å². The Labute approximate surface area is 498 Å². The van der Waals surface area contributed by atoms with Crippen LogP contribution in [0.25, 0.3) is 11.3 Å². The summed E-state index contributed by atoms with van der Waals surface area (Å²) in [6.07, 6.45) is 8.15. The summed E-state index contributed by atoms with van der Waals surface area (Å²) < 4.78 is 28.2. The number of piperazine rings is 1. The molecule has 2 aromatic heterocycles. The first-order chi connectivity index (χ1) is 40.6. The number of hydrogen-bond donors (Lipinski definition) is 2. The van der Waals surface area contributed by atoms with Gasteiger partial charge in [0.1, 0.15) is 47.5 Å². The highest BCUT2D eigenvalue weighted by Crippen LogP contribution is 2.47. The van der Waals surface area contributed by atoms with E-state index in [0.717, 1.165) is 49.7 Å².